The largest absolute Gasteiger partial charge is 0.0619 e. The zero-order chi connectivity index (χ0) is 17.1. The molecule has 4 aromatic rings. The minimum Gasteiger partial charge on any atom is -0.0619 e. The molecular formula is C26H17. The van der Waals surface area contributed by atoms with E-state index in [1.165, 1.54) is 50.1 Å². The van der Waals surface area contributed by atoms with Crippen molar-refractivity contribution >= 4 is 0 Å². The van der Waals surface area contributed by atoms with Gasteiger partial charge in [0.1, 0.15) is 0 Å². The molecule has 2 aliphatic rings. The Morgan fingerprint density at radius 1 is 0.423 bits per heavy atom. The first-order valence-corrected chi connectivity index (χ1v) is 9.17. The van der Waals surface area contributed by atoms with Crippen molar-refractivity contribution < 1.29 is 0 Å². The summed E-state index contributed by atoms with van der Waals surface area (Å²) in [6.45, 7) is 0. The van der Waals surface area contributed by atoms with Crippen LogP contribution in [0.15, 0.2) is 91.0 Å². The summed E-state index contributed by atoms with van der Waals surface area (Å²) in [4.78, 5) is 0. The lowest BCUT2D eigenvalue weighted by molar-refractivity contribution is 1.02. The zero-order valence-electron chi connectivity index (χ0n) is 14.3. The quantitative estimate of drug-likeness (QED) is 0.326. The maximum atomic E-state index is 2.32. The minimum absolute atomic E-state index is 0.303. The Morgan fingerprint density at radius 3 is 1.69 bits per heavy atom. The number of benzene rings is 4. The first-order valence-electron chi connectivity index (χ1n) is 9.17. The summed E-state index contributed by atoms with van der Waals surface area (Å²) in [6.07, 6.45) is 2.32. The van der Waals surface area contributed by atoms with Crippen LogP contribution in [0.4, 0.5) is 0 Å². The van der Waals surface area contributed by atoms with Crippen LogP contribution in [-0.2, 0) is 0 Å². The molecule has 0 aliphatic heterocycles. The normalized spacial score (nSPS) is 13.8. The van der Waals surface area contributed by atoms with Crippen molar-refractivity contribution in [3.05, 3.63) is 125 Å². The monoisotopic (exact) mass is 329 g/mol. The topological polar surface area (TPSA) is 0 Å². The predicted octanol–water partition coefficient (Wildman–Crippen LogP) is 6.43. The molecule has 0 unspecified atom stereocenters. The highest BCUT2D eigenvalue weighted by molar-refractivity contribution is 5.88. The molecule has 6 rings (SSSR count). The molecule has 0 N–H and O–H groups in total. The van der Waals surface area contributed by atoms with Crippen molar-refractivity contribution in [1.82, 2.24) is 0 Å². The van der Waals surface area contributed by atoms with Gasteiger partial charge in [-0.2, -0.15) is 0 Å². The predicted molar refractivity (Wildman–Crippen MR) is 107 cm³/mol. The molecule has 121 valence electrons. The van der Waals surface area contributed by atoms with E-state index in [0.29, 0.717) is 5.92 Å². The van der Waals surface area contributed by atoms with Gasteiger partial charge in [0.2, 0.25) is 0 Å². The van der Waals surface area contributed by atoms with Gasteiger partial charge < -0.3 is 0 Å². The molecule has 0 bridgehead atoms. The second kappa shape index (κ2) is 5.19. The third-order valence-corrected chi connectivity index (χ3v) is 5.81. The molecule has 0 fully saturated rings. The van der Waals surface area contributed by atoms with Gasteiger partial charge in [0.15, 0.2) is 0 Å². The standard InChI is InChI=1S/C26H17/c1-2-10-19-17(8-1)16-18-9-7-15-24(25(18)19)26-22-13-5-3-11-20(22)21-12-4-6-14-23(21)26/h1-16,26H. The van der Waals surface area contributed by atoms with Crippen molar-refractivity contribution in [2.45, 2.75) is 5.92 Å². The smallest absolute Gasteiger partial charge is 0.0358 e. The summed E-state index contributed by atoms with van der Waals surface area (Å²) >= 11 is 0. The molecule has 0 heteroatoms. The molecule has 1 radical (unpaired) electrons. The van der Waals surface area contributed by atoms with Crippen LogP contribution in [0, 0.1) is 6.42 Å². The third-order valence-electron chi connectivity index (χ3n) is 5.81. The van der Waals surface area contributed by atoms with Crippen LogP contribution in [0.2, 0.25) is 0 Å². The fourth-order valence-corrected chi connectivity index (χ4v) is 4.77. The van der Waals surface area contributed by atoms with Gasteiger partial charge in [-0.15, -0.1) is 0 Å². The molecule has 0 saturated heterocycles. The Bertz CT molecular complexity index is 1120. The van der Waals surface area contributed by atoms with Crippen LogP contribution in [0.1, 0.15) is 33.7 Å². The second-order valence-corrected chi connectivity index (χ2v) is 7.15. The van der Waals surface area contributed by atoms with Crippen molar-refractivity contribution in [1.29, 1.82) is 0 Å². The Balaban J connectivity index is 1.67. The van der Waals surface area contributed by atoms with E-state index in [1.807, 2.05) is 0 Å². The van der Waals surface area contributed by atoms with Gasteiger partial charge in [0.05, 0.1) is 0 Å². The molecule has 0 aromatic heterocycles. The van der Waals surface area contributed by atoms with Crippen LogP contribution in [0.3, 0.4) is 0 Å². The fourth-order valence-electron chi connectivity index (χ4n) is 4.77. The van der Waals surface area contributed by atoms with E-state index in [0.717, 1.165) is 0 Å². The number of hydrogen-bond acceptors (Lipinski definition) is 0. The Labute approximate surface area is 153 Å². The summed E-state index contributed by atoms with van der Waals surface area (Å²) in [6, 6.07) is 33.3. The SMILES string of the molecule is [CH]1c2ccccc2-c2c1cccc2C1c2ccccc2-c2ccccc21. The molecule has 0 atom stereocenters. The maximum absolute atomic E-state index is 2.32. The molecule has 0 nitrogen and oxygen atoms in total. The molecular weight excluding hydrogens is 312 g/mol. The summed E-state index contributed by atoms with van der Waals surface area (Å²) < 4.78 is 0. The van der Waals surface area contributed by atoms with Gasteiger partial charge >= 0.3 is 0 Å². The molecule has 0 saturated carbocycles. The average molecular weight is 329 g/mol. The fraction of sp³-hybridized carbons (Fsp3) is 0.0385. The molecule has 4 aromatic carbocycles. The van der Waals surface area contributed by atoms with E-state index in [4.69, 9.17) is 0 Å². The lowest BCUT2D eigenvalue weighted by Crippen LogP contribution is -2.01. The van der Waals surface area contributed by atoms with Gasteiger partial charge in [-0.1, -0.05) is 91.0 Å². The highest BCUT2D eigenvalue weighted by Gasteiger charge is 2.33. The van der Waals surface area contributed by atoms with E-state index in [-0.39, 0.29) is 0 Å². The lowest BCUT2D eigenvalue weighted by atomic mass is 9.84. The van der Waals surface area contributed by atoms with Crippen LogP contribution in [0.25, 0.3) is 22.3 Å². The lowest BCUT2D eigenvalue weighted by Gasteiger charge is -2.19. The van der Waals surface area contributed by atoms with Crippen LogP contribution in [-0.4, -0.2) is 0 Å². The van der Waals surface area contributed by atoms with Crippen molar-refractivity contribution in [3.8, 4) is 22.3 Å². The van der Waals surface area contributed by atoms with Crippen molar-refractivity contribution in [3.63, 3.8) is 0 Å². The Morgan fingerprint density at radius 2 is 0.962 bits per heavy atom. The van der Waals surface area contributed by atoms with Crippen LogP contribution < -0.4 is 0 Å². The highest BCUT2D eigenvalue weighted by Crippen LogP contribution is 2.52. The first-order chi connectivity index (χ1) is 12.9. The Hall–Kier alpha value is -3.12. The van der Waals surface area contributed by atoms with Gasteiger partial charge in [0, 0.05) is 12.3 Å². The summed E-state index contributed by atoms with van der Waals surface area (Å²) in [7, 11) is 0. The summed E-state index contributed by atoms with van der Waals surface area (Å²) in [5.74, 6) is 0.303. The maximum Gasteiger partial charge on any atom is 0.0358 e. The van der Waals surface area contributed by atoms with E-state index < -0.39 is 0 Å². The minimum atomic E-state index is 0.303. The van der Waals surface area contributed by atoms with Crippen molar-refractivity contribution in [2.75, 3.05) is 0 Å². The van der Waals surface area contributed by atoms with Crippen LogP contribution in [0.5, 0.6) is 0 Å². The van der Waals surface area contributed by atoms with Crippen molar-refractivity contribution in [2.24, 2.45) is 0 Å². The number of hydrogen-bond donors (Lipinski definition) is 0. The van der Waals surface area contributed by atoms with E-state index in [1.54, 1.807) is 0 Å². The third kappa shape index (κ3) is 1.79. The van der Waals surface area contributed by atoms with E-state index >= 15 is 0 Å². The van der Waals surface area contributed by atoms with Gasteiger partial charge in [0.25, 0.3) is 0 Å². The van der Waals surface area contributed by atoms with E-state index in [2.05, 4.69) is 97.4 Å². The molecule has 0 spiro atoms. The second-order valence-electron chi connectivity index (χ2n) is 7.15. The van der Waals surface area contributed by atoms with Gasteiger partial charge in [-0.05, 0) is 50.1 Å². The van der Waals surface area contributed by atoms with Crippen LogP contribution >= 0.6 is 0 Å². The highest BCUT2D eigenvalue weighted by atomic mass is 14.4. The number of rotatable bonds is 1. The number of fused-ring (bicyclic) bond motifs is 6. The average Bonchev–Trinajstić information content (AvgIpc) is 3.24. The molecule has 0 amide bonds. The van der Waals surface area contributed by atoms with Gasteiger partial charge in [-0.25, -0.2) is 0 Å². The molecule has 2 aliphatic carbocycles. The molecule has 0 heterocycles. The summed E-state index contributed by atoms with van der Waals surface area (Å²) in [5, 5.41) is 0. The van der Waals surface area contributed by atoms with E-state index in [9.17, 15) is 0 Å². The Kier molecular flexibility index (Phi) is 2.81. The van der Waals surface area contributed by atoms with Gasteiger partial charge in [-0.3, -0.25) is 0 Å². The first kappa shape index (κ1) is 14.1. The summed E-state index contributed by atoms with van der Waals surface area (Å²) in [5.41, 5.74) is 12.4. The zero-order valence-corrected chi connectivity index (χ0v) is 14.3. The molecule has 26 heavy (non-hydrogen) atoms.